The molecule has 1 aliphatic carbocycles. The first-order chi connectivity index (χ1) is 18.3. The number of aryl methyl sites for hydroxylation is 1. The molecule has 10 heteroatoms. The van der Waals surface area contributed by atoms with Gasteiger partial charge in [-0.15, -0.1) is 0 Å². The summed E-state index contributed by atoms with van der Waals surface area (Å²) in [6.07, 6.45) is 6.14. The molecule has 1 unspecified atom stereocenters. The lowest BCUT2D eigenvalue weighted by molar-refractivity contribution is -0.121. The molecule has 4 rings (SSSR count). The standard InChI is InChI=1S/C28H33Cl2N5O3/c1-35(2)23(16-11-18-7-4-3-5-8-18)19-12-14-20(15-13-19)32-24(36)17-31-27(37)28-33-26(34-38-28)25-21(29)9-6-10-22(25)30/h3-10,19-20,23H,11-17H2,1-2H3,(H,31,37)(H,32,36). The first kappa shape index (κ1) is 28.1. The molecule has 2 aromatic carbocycles. The van der Waals surface area contributed by atoms with E-state index in [9.17, 15) is 9.59 Å². The van der Waals surface area contributed by atoms with Crippen LogP contribution in [0, 0.1) is 5.92 Å². The van der Waals surface area contributed by atoms with Crippen LogP contribution in [0.2, 0.25) is 10.0 Å². The zero-order chi connectivity index (χ0) is 27.1. The summed E-state index contributed by atoms with van der Waals surface area (Å²) in [6.45, 7) is -0.180. The number of rotatable bonds is 10. The lowest BCUT2D eigenvalue weighted by Crippen LogP contribution is -2.45. The largest absolute Gasteiger partial charge is 0.352 e. The Morgan fingerprint density at radius 2 is 1.71 bits per heavy atom. The Bertz CT molecular complexity index is 1210. The molecule has 1 atom stereocenters. The fraction of sp³-hybridized carbons (Fsp3) is 0.429. The van der Waals surface area contributed by atoms with Crippen molar-refractivity contribution in [1.29, 1.82) is 0 Å². The number of hydrogen-bond acceptors (Lipinski definition) is 6. The minimum atomic E-state index is -0.641. The topological polar surface area (TPSA) is 100 Å². The maximum atomic E-state index is 12.5. The predicted octanol–water partition coefficient (Wildman–Crippen LogP) is 5.01. The molecular weight excluding hydrogens is 525 g/mol. The van der Waals surface area contributed by atoms with Crippen LogP contribution in [0.1, 0.15) is 48.4 Å². The maximum Gasteiger partial charge on any atom is 0.316 e. The molecule has 0 bridgehead atoms. The fourth-order valence-corrected chi connectivity index (χ4v) is 5.73. The van der Waals surface area contributed by atoms with Gasteiger partial charge in [-0.2, -0.15) is 4.98 Å². The summed E-state index contributed by atoms with van der Waals surface area (Å²) >= 11 is 12.3. The molecule has 1 aromatic heterocycles. The molecule has 2 N–H and O–H groups in total. The van der Waals surface area contributed by atoms with Crippen LogP contribution in [0.5, 0.6) is 0 Å². The SMILES string of the molecule is CN(C)C(CCc1ccccc1)C1CCC(NC(=O)CNC(=O)c2nc(-c3c(Cl)cccc3Cl)no2)CC1. The van der Waals surface area contributed by atoms with Gasteiger partial charge in [0.05, 0.1) is 22.2 Å². The molecule has 2 amide bonds. The summed E-state index contributed by atoms with van der Waals surface area (Å²) in [6, 6.07) is 16.2. The van der Waals surface area contributed by atoms with E-state index in [2.05, 4.69) is 64.0 Å². The second-order valence-corrected chi connectivity index (χ2v) is 10.8. The molecule has 0 saturated heterocycles. The second kappa shape index (κ2) is 13.2. The van der Waals surface area contributed by atoms with Crippen molar-refractivity contribution < 1.29 is 14.1 Å². The van der Waals surface area contributed by atoms with Gasteiger partial charge in [0.25, 0.3) is 0 Å². The molecule has 1 aliphatic rings. The van der Waals surface area contributed by atoms with E-state index >= 15 is 0 Å². The van der Waals surface area contributed by atoms with Crippen molar-refractivity contribution in [2.45, 2.75) is 50.6 Å². The quantitative estimate of drug-likeness (QED) is 0.363. The van der Waals surface area contributed by atoms with Crippen molar-refractivity contribution in [2.24, 2.45) is 5.92 Å². The number of amides is 2. The number of aromatic nitrogens is 2. The zero-order valence-electron chi connectivity index (χ0n) is 21.6. The van der Waals surface area contributed by atoms with Crippen LogP contribution in [0.25, 0.3) is 11.4 Å². The molecule has 8 nitrogen and oxygen atoms in total. The first-order valence-electron chi connectivity index (χ1n) is 12.9. The molecule has 1 heterocycles. The predicted molar refractivity (Wildman–Crippen MR) is 148 cm³/mol. The summed E-state index contributed by atoms with van der Waals surface area (Å²) in [7, 11) is 4.31. The number of carbonyl (C=O) groups is 2. The molecule has 0 spiro atoms. The molecule has 1 saturated carbocycles. The fourth-order valence-electron chi connectivity index (χ4n) is 5.17. The molecule has 3 aromatic rings. The molecular formula is C28H33Cl2N5O3. The summed E-state index contributed by atoms with van der Waals surface area (Å²) in [5.41, 5.74) is 1.75. The second-order valence-electron chi connectivity index (χ2n) is 9.94. The van der Waals surface area contributed by atoms with E-state index < -0.39 is 5.91 Å². The van der Waals surface area contributed by atoms with Crippen LogP contribution in [-0.4, -0.2) is 59.6 Å². The molecule has 1 fully saturated rings. The van der Waals surface area contributed by atoms with Crippen molar-refractivity contribution in [3.05, 3.63) is 70.0 Å². The van der Waals surface area contributed by atoms with E-state index in [-0.39, 0.29) is 30.2 Å². The number of benzene rings is 2. The number of nitrogens with one attached hydrogen (secondary N) is 2. The lowest BCUT2D eigenvalue weighted by atomic mass is 9.79. The van der Waals surface area contributed by atoms with Crippen LogP contribution >= 0.6 is 23.2 Å². The Morgan fingerprint density at radius 1 is 1.03 bits per heavy atom. The molecule has 0 radical (unpaired) electrons. The highest BCUT2D eigenvalue weighted by molar-refractivity contribution is 6.38. The van der Waals surface area contributed by atoms with Crippen LogP contribution < -0.4 is 10.6 Å². The van der Waals surface area contributed by atoms with Crippen LogP contribution in [0.3, 0.4) is 0 Å². The van der Waals surface area contributed by atoms with Crippen molar-refractivity contribution >= 4 is 35.0 Å². The first-order valence-corrected chi connectivity index (χ1v) is 13.6. The third-order valence-corrected chi connectivity index (χ3v) is 7.76. The summed E-state index contributed by atoms with van der Waals surface area (Å²) < 4.78 is 5.05. The van der Waals surface area contributed by atoms with Crippen LogP contribution in [0.4, 0.5) is 0 Å². The third-order valence-electron chi connectivity index (χ3n) is 7.13. The Labute approximate surface area is 233 Å². The van der Waals surface area contributed by atoms with Gasteiger partial charge >= 0.3 is 11.8 Å². The Hall–Kier alpha value is -2.94. The van der Waals surface area contributed by atoms with E-state index in [1.807, 2.05) is 6.07 Å². The van der Waals surface area contributed by atoms with E-state index in [1.54, 1.807) is 18.2 Å². The van der Waals surface area contributed by atoms with E-state index in [1.165, 1.54) is 5.56 Å². The Kier molecular flexibility index (Phi) is 9.77. The summed E-state index contributed by atoms with van der Waals surface area (Å²) in [5.74, 6) is -0.455. The number of hydrogen-bond donors (Lipinski definition) is 2. The van der Waals surface area contributed by atoms with Crippen molar-refractivity contribution in [3.8, 4) is 11.4 Å². The van der Waals surface area contributed by atoms with Gasteiger partial charge in [0.1, 0.15) is 0 Å². The maximum absolute atomic E-state index is 12.5. The zero-order valence-corrected chi connectivity index (χ0v) is 23.1. The van der Waals surface area contributed by atoms with Gasteiger partial charge in [0.15, 0.2) is 0 Å². The summed E-state index contributed by atoms with van der Waals surface area (Å²) in [5, 5.41) is 10.1. The van der Waals surface area contributed by atoms with Crippen molar-refractivity contribution in [1.82, 2.24) is 25.7 Å². The summed E-state index contributed by atoms with van der Waals surface area (Å²) in [4.78, 5) is 31.4. The number of carbonyl (C=O) groups excluding carboxylic acids is 2. The van der Waals surface area contributed by atoms with Gasteiger partial charge in [-0.25, -0.2) is 0 Å². The Balaban J connectivity index is 1.21. The van der Waals surface area contributed by atoms with Crippen LogP contribution in [-0.2, 0) is 11.2 Å². The molecule has 202 valence electrons. The highest BCUT2D eigenvalue weighted by Crippen LogP contribution is 2.33. The Morgan fingerprint density at radius 3 is 2.37 bits per heavy atom. The molecule has 0 aliphatic heterocycles. The smallest absolute Gasteiger partial charge is 0.316 e. The number of nitrogens with zero attached hydrogens (tertiary/aromatic N) is 3. The number of halogens is 2. The van der Waals surface area contributed by atoms with Gasteiger partial charge in [-0.1, -0.05) is 64.8 Å². The highest BCUT2D eigenvalue weighted by atomic mass is 35.5. The van der Waals surface area contributed by atoms with Crippen molar-refractivity contribution in [3.63, 3.8) is 0 Å². The normalized spacial score (nSPS) is 18.2. The van der Waals surface area contributed by atoms with Gasteiger partial charge in [0, 0.05) is 12.1 Å². The third kappa shape index (κ3) is 7.34. The average Bonchev–Trinajstić information content (AvgIpc) is 3.38. The monoisotopic (exact) mass is 557 g/mol. The van der Waals surface area contributed by atoms with Gasteiger partial charge in [0.2, 0.25) is 11.7 Å². The van der Waals surface area contributed by atoms with Gasteiger partial charge in [-0.3, -0.25) is 9.59 Å². The van der Waals surface area contributed by atoms with E-state index in [4.69, 9.17) is 27.7 Å². The van der Waals surface area contributed by atoms with Crippen molar-refractivity contribution in [2.75, 3.05) is 20.6 Å². The van der Waals surface area contributed by atoms with Gasteiger partial charge in [-0.05, 0) is 76.2 Å². The van der Waals surface area contributed by atoms with E-state index in [0.717, 1.165) is 38.5 Å². The minimum absolute atomic E-state index is 0.102. The molecule has 38 heavy (non-hydrogen) atoms. The highest BCUT2D eigenvalue weighted by Gasteiger charge is 2.29. The average molecular weight is 559 g/mol. The minimum Gasteiger partial charge on any atom is -0.352 e. The lowest BCUT2D eigenvalue weighted by Gasteiger charge is -2.37. The van der Waals surface area contributed by atoms with Crippen LogP contribution in [0.15, 0.2) is 53.1 Å². The van der Waals surface area contributed by atoms with Gasteiger partial charge < -0.3 is 20.1 Å². The van der Waals surface area contributed by atoms with E-state index in [0.29, 0.717) is 27.6 Å².